The number of piperidine rings is 1. The molecule has 0 bridgehead atoms. The lowest BCUT2D eigenvalue weighted by molar-refractivity contribution is -0.131. The zero-order chi connectivity index (χ0) is 15.5. The Balaban J connectivity index is 1.59. The van der Waals surface area contributed by atoms with E-state index >= 15 is 0 Å². The molecule has 0 spiro atoms. The van der Waals surface area contributed by atoms with Crippen LogP contribution in [0.2, 0.25) is 0 Å². The number of hydrogen-bond acceptors (Lipinski definition) is 3. The molecule has 0 aromatic heterocycles. The molecule has 0 unspecified atom stereocenters. The number of methoxy groups -OCH3 is 1. The van der Waals surface area contributed by atoms with Crippen molar-refractivity contribution in [3.05, 3.63) is 29.8 Å². The third-order valence-corrected chi connectivity index (χ3v) is 5.28. The van der Waals surface area contributed by atoms with Crippen molar-refractivity contribution in [1.82, 2.24) is 5.32 Å². The van der Waals surface area contributed by atoms with Crippen molar-refractivity contribution < 1.29 is 14.6 Å². The van der Waals surface area contributed by atoms with Crippen LogP contribution in [0.25, 0.3) is 0 Å². The van der Waals surface area contributed by atoms with Gasteiger partial charge in [-0.1, -0.05) is 12.1 Å². The number of amides is 1. The molecule has 2 fully saturated rings. The molecule has 4 heteroatoms. The number of carbonyl (C=O) groups excluding carboxylic acids is 1. The molecule has 22 heavy (non-hydrogen) atoms. The highest BCUT2D eigenvalue weighted by molar-refractivity contribution is 5.80. The average molecular weight is 303 g/mol. The van der Waals surface area contributed by atoms with E-state index in [-0.39, 0.29) is 18.4 Å². The van der Waals surface area contributed by atoms with E-state index in [0.29, 0.717) is 17.9 Å². The first kappa shape index (κ1) is 15.3. The molecule has 1 saturated heterocycles. The second kappa shape index (κ2) is 6.69. The van der Waals surface area contributed by atoms with Crippen LogP contribution in [-0.4, -0.2) is 30.8 Å². The molecule has 3 rings (SSSR count). The van der Waals surface area contributed by atoms with Gasteiger partial charge >= 0.3 is 0 Å². The third-order valence-electron chi connectivity index (χ3n) is 5.28. The predicted molar refractivity (Wildman–Crippen MR) is 84.7 cm³/mol. The standard InChI is InChI=1S/C18H25NO3/c1-22-16-5-2-12(3-6-16)8-13-4-7-17-14(9-13)10-15(11-20)18(21)19-17/h2-3,5-6,13-15,17,20H,4,7-11H2,1H3,(H,19,21)/t13-,14-,15+,17-/m1/s1. The number of benzene rings is 1. The summed E-state index contributed by atoms with van der Waals surface area (Å²) in [4.78, 5) is 11.8. The molecule has 4 nitrogen and oxygen atoms in total. The number of nitrogens with one attached hydrogen (secondary N) is 1. The zero-order valence-electron chi connectivity index (χ0n) is 13.1. The van der Waals surface area contributed by atoms with E-state index in [9.17, 15) is 9.90 Å². The molecule has 0 radical (unpaired) electrons. The Morgan fingerprint density at radius 2 is 2.00 bits per heavy atom. The van der Waals surface area contributed by atoms with E-state index in [2.05, 4.69) is 17.4 Å². The lowest BCUT2D eigenvalue weighted by Crippen LogP contribution is -2.52. The van der Waals surface area contributed by atoms with Crippen LogP contribution >= 0.6 is 0 Å². The zero-order valence-corrected chi connectivity index (χ0v) is 13.1. The van der Waals surface area contributed by atoms with E-state index in [1.807, 2.05) is 12.1 Å². The molecule has 2 N–H and O–H groups in total. The van der Waals surface area contributed by atoms with Crippen molar-refractivity contribution in [2.24, 2.45) is 17.8 Å². The minimum Gasteiger partial charge on any atom is -0.497 e. The summed E-state index contributed by atoms with van der Waals surface area (Å²) >= 11 is 0. The second-order valence-electron chi connectivity index (χ2n) is 6.72. The van der Waals surface area contributed by atoms with Gasteiger partial charge in [0.2, 0.25) is 5.91 Å². The molecule has 4 atom stereocenters. The van der Waals surface area contributed by atoms with Crippen molar-refractivity contribution in [2.75, 3.05) is 13.7 Å². The van der Waals surface area contributed by atoms with Crippen molar-refractivity contribution in [2.45, 2.75) is 38.1 Å². The Hall–Kier alpha value is -1.55. The van der Waals surface area contributed by atoms with Crippen LogP contribution in [0.4, 0.5) is 0 Å². The SMILES string of the molecule is COc1ccc(C[C@H]2CC[C@H]3NC(=O)[C@H](CO)C[C@H]3C2)cc1. The quantitative estimate of drug-likeness (QED) is 0.896. The maximum absolute atomic E-state index is 11.8. The molecular formula is C18H25NO3. The van der Waals surface area contributed by atoms with E-state index in [1.54, 1.807) is 7.11 Å². The van der Waals surface area contributed by atoms with Crippen LogP contribution in [0.15, 0.2) is 24.3 Å². The summed E-state index contributed by atoms with van der Waals surface area (Å²) in [7, 11) is 1.69. The summed E-state index contributed by atoms with van der Waals surface area (Å²) in [6.45, 7) is -0.0296. The van der Waals surface area contributed by atoms with Gasteiger partial charge in [0.1, 0.15) is 5.75 Å². The summed E-state index contributed by atoms with van der Waals surface area (Å²) in [6.07, 6.45) is 5.30. The lowest BCUT2D eigenvalue weighted by Gasteiger charge is -2.42. The van der Waals surface area contributed by atoms with Crippen LogP contribution in [0.5, 0.6) is 5.75 Å². The van der Waals surface area contributed by atoms with Crippen LogP contribution in [0, 0.1) is 17.8 Å². The molecule has 1 saturated carbocycles. The third kappa shape index (κ3) is 3.27. The smallest absolute Gasteiger partial charge is 0.225 e. The number of ether oxygens (including phenoxy) is 1. The largest absolute Gasteiger partial charge is 0.497 e. The average Bonchev–Trinajstić information content (AvgIpc) is 2.55. The minimum absolute atomic E-state index is 0.0296. The highest BCUT2D eigenvalue weighted by Crippen LogP contribution is 2.37. The molecule has 1 aromatic carbocycles. The van der Waals surface area contributed by atoms with Crippen molar-refractivity contribution in [1.29, 1.82) is 0 Å². The van der Waals surface area contributed by atoms with Gasteiger partial charge in [-0.3, -0.25) is 4.79 Å². The van der Waals surface area contributed by atoms with E-state index in [0.717, 1.165) is 37.9 Å². The Kier molecular flexibility index (Phi) is 4.67. The fourth-order valence-corrected chi connectivity index (χ4v) is 4.02. The van der Waals surface area contributed by atoms with E-state index < -0.39 is 0 Å². The monoisotopic (exact) mass is 303 g/mol. The first-order valence-electron chi connectivity index (χ1n) is 8.23. The van der Waals surface area contributed by atoms with Crippen molar-refractivity contribution >= 4 is 5.91 Å². The van der Waals surface area contributed by atoms with Gasteiger partial charge in [-0.2, -0.15) is 0 Å². The normalized spacial score (nSPS) is 31.3. The molecule has 1 amide bonds. The Morgan fingerprint density at radius 3 is 2.68 bits per heavy atom. The number of carbonyl (C=O) groups is 1. The fourth-order valence-electron chi connectivity index (χ4n) is 4.02. The second-order valence-corrected chi connectivity index (χ2v) is 6.72. The van der Waals surface area contributed by atoms with Crippen LogP contribution in [0.3, 0.4) is 0 Å². The minimum atomic E-state index is -0.207. The number of aliphatic hydroxyl groups is 1. The number of aliphatic hydroxyl groups excluding tert-OH is 1. The summed E-state index contributed by atoms with van der Waals surface area (Å²) in [5.41, 5.74) is 1.35. The topological polar surface area (TPSA) is 58.6 Å². The van der Waals surface area contributed by atoms with E-state index in [4.69, 9.17) is 4.74 Å². The summed E-state index contributed by atoms with van der Waals surface area (Å²) in [5, 5.41) is 12.4. The van der Waals surface area contributed by atoms with Crippen LogP contribution in [0.1, 0.15) is 31.2 Å². The van der Waals surface area contributed by atoms with Crippen molar-refractivity contribution in [3.63, 3.8) is 0 Å². The summed E-state index contributed by atoms with van der Waals surface area (Å²) in [5.74, 6) is 1.92. The van der Waals surface area contributed by atoms with Gasteiger partial charge in [0, 0.05) is 6.04 Å². The first-order valence-corrected chi connectivity index (χ1v) is 8.23. The maximum Gasteiger partial charge on any atom is 0.225 e. The van der Waals surface area contributed by atoms with Crippen molar-refractivity contribution in [3.8, 4) is 5.75 Å². The van der Waals surface area contributed by atoms with Gasteiger partial charge in [0.05, 0.1) is 19.6 Å². The van der Waals surface area contributed by atoms with Gasteiger partial charge in [0.15, 0.2) is 0 Å². The Labute approximate surface area is 131 Å². The first-order chi connectivity index (χ1) is 10.7. The van der Waals surface area contributed by atoms with E-state index in [1.165, 1.54) is 5.56 Å². The summed E-state index contributed by atoms with van der Waals surface area (Å²) < 4.78 is 5.20. The maximum atomic E-state index is 11.8. The Morgan fingerprint density at radius 1 is 1.23 bits per heavy atom. The van der Waals surface area contributed by atoms with Crippen LogP contribution in [-0.2, 0) is 11.2 Å². The highest BCUT2D eigenvalue weighted by Gasteiger charge is 2.38. The Bertz CT molecular complexity index is 514. The number of hydrogen-bond donors (Lipinski definition) is 2. The molecule has 1 aliphatic heterocycles. The molecule has 2 aliphatic rings. The molecular weight excluding hydrogens is 278 g/mol. The predicted octanol–water partition coefficient (Wildman–Crippen LogP) is 2.15. The van der Waals surface area contributed by atoms with Gasteiger partial charge in [-0.25, -0.2) is 0 Å². The van der Waals surface area contributed by atoms with Crippen LogP contribution < -0.4 is 10.1 Å². The summed E-state index contributed by atoms with van der Waals surface area (Å²) in [6, 6.07) is 8.64. The van der Waals surface area contributed by atoms with Gasteiger partial charge in [-0.05, 0) is 61.6 Å². The molecule has 1 aromatic rings. The molecule has 1 aliphatic carbocycles. The number of rotatable bonds is 4. The highest BCUT2D eigenvalue weighted by atomic mass is 16.5. The lowest BCUT2D eigenvalue weighted by atomic mass is 9.70. The number of fused-ring (bicyclic) bond motifs is 1. The van der Waals surface area contributed by atoms with Gasteiger partial charge in [-0.15, -0.1) is 0 Å². The molecule has 120 valence electrons. The molecule has 1 heterocycles. The van der Waals surface area contributed by atoms with Gasteiger partial charge in [0.25, 0.3) is 0 Å². The fraction of sp³-hybridized carbons (Fsp3) is 0.611. The van der Waals surface area contributed by atoms with Gasteiger partial charge < -0.3 is 15.2 Å².